The van der Waals surface area contributed by atoms with Gasteiger partial charge in [-0.25, -0.2) is 8.42 Å². The summed E-state index contributed by atoms with van der Waals surface area (Å²) in [6.45, 7) is 3.13. The number of carbonyl (C=O) groups is 2. The van der Waals surface area contributed by atoms with Gasteiger partial charge in [0.15, 0.2) is 0 Å². The Balaban J connectivity index is 1.97. The van der Waals surface area contributed by atoms with Crippen LogP contribution in [0.4, 0.5) is 0 Å². The molecule has 0 aromatic heterocycles. The minimum atomic E-state index is -3.69. The topological polar surface area (TPSA) is 95.0 Å². The molecule has 1 aliphatic heterocycles. The number of sulfonamides is 1. The smallest absolute Gasteiger partial charge is 0.318 e. The van der Waals surface area contributed by atoms with Gasteiger partial charge in [-0.15, -0.1) is 0 Å². The van der Waals surface area contributed by atoms with Crippen molar-refractivity contribution < 1.29 is 23.1 Å². The second kappa shape index (κ2) is 6.54. The lowest BCUT2D eigenvalue weighted by molar-refractivity contribution is -0.139. The molecule has 1 saturated carbocycles. The van der Waals surface area contributed by atoms with E-state index in [1.54, 1.807) is 18.7 Å². The van der Waals surface area contributed by atoms with Gasteiger partial charge in [-0.1, -0.05) is 12.8 Å². The number of likely N-dealkylation sites (tertiary alicyclic amines) is 1. The van der Waals surface area contributed by atoms with Gasteiger partial charge < -0.3 is 10.0 Å². The SMILES string of the molecule is CC(C)N(CC(=O)O)S(=O)(=O)C1CN(C(=O)C2CCCC2)C1. The van der Waals surface area contributed by atoms with Gasteiger partial charge in [-0.3, -0.25) is 9.59 Å². The molecule has 1 aliphatic carbocycles. The number of hydrogen-bond donors (Lipinski definition) is 1. The van der Waals surface area contributed by atoms with Crippen LogP contribution in [0.25, 0.3) is 0 Å². The maximum Gasteiger partial charge on any atom is 0.318 e. The number of carboxylic acid groups (broad SMARTS) is 1. The molecule has 0 spiro atoms. The molecule has 22 heavy (non-hydrogen) atoms. The van der Waals surface area contributed by atoms with Crippen molar-refractivity contribution in [3.8, 4) is 0 Å². The number of aliphatic carboxylic acids is 1. The summed E-state index contributed by atoms with van der Waals surface area (Å²) in [7, 11) is -3.69. The highest BCUT2D eigenvalue weighted by molar-refractivity contribution is 7.89. The van der Waals surface area contributed by atoms with Gasteiger partial charge in [0.2, 0.25) is 15.9 Å². The second-order valence-corrected chi connectivity index (χ2v) is 8.59. The van der Waals surface area contributed by atoms with Crippen LogP contribution in [-0.4, -0.2) is 65.5 Å². The van der Waals surface area contributed by atoms with Crippen LogP contribution in [0.2, 0.25) is 0 Å². The van der Waals surface area contributed by atoms with Crippen molar-refractivity contribution >= 4 is 21.9 Å². The van der Waals surface area contributed by atoms with Crippen LogP contribution in [-0.2, 0) is 19.6 Å². The zero-order valence-electron chi connectivity index (χ0n) is 13.1. The first-order chi connectivity index (χ1) is 10.2. The Labute approximate surface area is 131 Å². The Hall–Kier alpha value is -1.15. The van der Waals surface area contributed by atoms with Gasteiger partial charge in [-0.05, 0) is 26.7 Å². The summed E-state index contributed by atoms with van der Waals surface area (Å²) in [6.07, 6.45) is 3.91. The van der Waals surface area contributed by atoms with E-state index < -0.39 is 33.8 Å². The first-order valence-electron chi connectivity index (χ1n) is 7.74. The summed E-state index contributed by atoms with van der Waals surface area (Å²) in [5, 5.41) is 8.20. The monoisotopic (exact) mass is 332 g/mol. The van der Waals surface area contributed by atoms with E-state index in [-0.39, 0.29) is 24.9 Å². The Morgan fingerprint density at radius 1 is 1.23 bits per heavy atom. The molecule has 0 radical (unpaired) electrons. The molecule has 126 valence electrons. The Kier molecular flexibility index (Phi) is 5.11. The average molecular weight is 332 g/mol. The fourth-order valence-electron chi connectivity index (χ4n) is 3.13. The number of nitrogens with zero attached hydrogens (tertiary/aromatic N) is 2. The zero-order valence-corrected chi connectivity index (χ0v) is 13.9. The lowest BCUT2D eigenvalue weighted by Gasteiger charge is -2.42. The molecule has 0 atom stereocenters. The Bertz CT molecular complexity index is 533. The molecule has 1 heterocycles. The standard InChI is InChI=1S/C14H24N2O5S/c1-10(2)16(9-13(17)18)22(20,21)12-7-15(8-12)14(19)11-5-3-4-6-11/h10-12H,3-9H2,1-2H3,(H,17,18). The predicted octanol–water partition coefficient (Wildman–Crippen LogP) is 0.512. The molecule has 0 aromatic rings. The lowest BCUT2D eigenvalue weighted by Crippen LogP contribution is -2.61. The molecule has 0 aromatic carbocycles. The fourth-order valence-corrected chi connectivity index (χ4v) is 5.13. The van der Waals surface area contributed by atoms with Crippen LogP contribution in [0.5, 0.6) is 0 Å². The average Bonchev–Trinajstić information content (AvgIpc) is 2.86. The normalized spacial score (nSPS) is 20.6. The van der Waals surface area contributed by atoms with Crippen LogP contribution >= 0.6 is 0 Å². The quantitative estimate of drug-likeness (QED) is 0.765. The van der Waals surface area contributed by atoms with E-state index in [2.05, 4.69) is 0 Å². The molecule has 1 amide bonds. The van der Waals surface area contributed by atoms with Gasteiger partial charge in [-0.2, -0.15) is 4.31 Å². The molecule has 0 bridgehead atoms. The maximum atomic E-state index is 12.5. The predicted molar refractivity (Wildman–Crippen MR) is 80.7 cm³/mol. The van der Waals surface area contributed by atoms with Crippen molar-refractivity contribution in [3.05, 3.63) is 0 Å². The summed E-state index contributed by atoms with van der Waals surface area (Å²) in [4.78, 5) is 24.7. The zero-order chi connectivity index (χ0) is 16.5. The summed E-state index contributed by atoms with van der Waals surface area (Å²) in [6, 6.07) is -0.416. The van der Waals surface area contributed by atoms with E-state index in [0.29, 0.717) is 0 Å². The summed E-state index contributed by atoms with van der Waals surface area (Å²) < 4.78 is 26.0. The first-order valence-corrected chi connectivity index (χ1v) is 9.25. The van der Waals surface area contributed by atoms with Crippen molar-refractivity contribution in [1.82, 2.24) is 9.21 Å². The van der Waals surface area contributed by atoms with Crippen molar-refractivity contribution in [2.75, 3.05) is 19.6 Å². The molecule has 1 saturated heterocycles. The number of hydrogen-bond acceptors (Lipinski definition) is 4. The highest BCUT2D eigenvalue weighted by Crippen LogP contribution is 2.30. The summed E-state index contributed by atoms with van der Waals surface area (Å²) in [5.41, 5.74) is 0. The van der Waals surface area contributed by atoms with Crippen molar-refractivity contribution in [3.63, 3.8) is 0 Å². The van der Waals surface area contributed by atoms with Gasteiger partial charge in [0.25, 0.3) is 0 Å². The van der Waals surface area contributed by atoms with E-state index >= 15 is 0 Å². The maximum absolute atomic E-state index is 12.5. The molecule has 2 rings (SSSR count). The van der Waals surface area contributed by atoms with Gasteiger partial charge in [0.1, 0.15) is 11.8 Å². The first kappa shape index (κ1) is 17.2. The van der Waals surface area contributed by atoms with Crippen molar-refractivity contribution in [2.24, 2.45) is 5.92 Å². The minimum absolute atomic E-state index is 0.0453. The largest absolute Gasteiger partial charge is 0.480 e. The Morgan fingerprint density at radius 2 is 1.77 bits per heavy atom. The highest BCUT2D eigenvalue weighted by Gasteiger charge is 2.45. The van der Waals surface area contributed by atoms with Crippen LogP contribution < -0.4 is 0 Å². The van der Waals surface area contributed by atoms with E-state index in [1.165, 1.54) is 0 Å². The van der Waals surface area contributed by atoms with Gasteiger partial charge >= 0.3 is 5.97 Å². The summed E-state index contributed by atoms with van der Waals surface area (Å²) in [5.74, 6) is -1.07. The third-order valence-electron chi connectivity index (χ3n) is 4.48. The van der Waals surface area contributed by atoms with E-state index in [9.17, 15) is 18.0 Å². The molecule has 2 fully saturated rings. The molecule has 2 aliphatic rings. The number of carboxylic acids is 1. The minimum Gasteiger partial charge on any atom is -0.480 e. The molecular formula is C14H24N2O5S. The molecule has 7 nitrogen and oxygen atoms in total. The third-order valence-corrected chi connectivity index (χ3v) is 6.82. The summed E-state index contributed by atoms with van der Waals surface area (Å²) >= 11 is 0. The van der Waals surface area contributed by atoms with Crippen LogP contribution in [0.3, 0.4) is 0 Å². The van der Waals surface area contributed by atoms with Gasteiger partial charge in [0.05, 0.1) is 0 Å². The molecule has 0 unspecified atom stereocenters. The molecule has 1 N–H and O–H groups in total. The van der Waals surface area contributed by atoms with Crippen molar-refractivity contribution in [2.45, 2.75) is 50.8 Å². The fraction of sp³-hybridized carbons (Fsp3) is 0.857. The van der Waals surface area contributed by atoms with E-state index in [1.807, 2.05) is 0 Å². The number of carbonyl (C=O) groups excluding carboxylic acids is 1. The number of amides is 1. The third kappa shape index (κ3) is 3.43. The van der Waals surface area contributed by atoms with Crippen LogP contribution in [0, 0.1) is 5.92 Å². The molecular weight excluding hydrogens is 308 g/mol. The van der Waals surface area contributed by atoms with Crippen LogP contribution in [0.15, 0.2) is 0 Å². The van der Waals surface area contributed by atoms with E-state index in [4.69, 9.17) is 5.11 Å². The highest BCUT2D eigenvalue weighted by atomic mass is 32.2. The second-order valence-electron chi connectivity index (χ2n) is 6.42. The number of rotatable bonds is 6. The Morgan fingerprint density at radius 3 is 2.23 bits per heavy atom. The lowest BCUT2D eigenvalue weighted by atomic mass is 10.0. The molecule has 8 heteroatoms. The van der Waals surface area contributed by atoms with E-state index in [0.717, 1.165) is 30.0 Å². The van der Waals surface area contributed by atoms with Crippen molar-refractivity contribution in [1.29, 1.82) is 0 Å². The van der Waals surface area contributed by atoms with Gasteiger partial charge in [0, 0.05) is 25.0 Å². The van der Waals surface area contributed by atoms with Crippen LogP contribution in [0.1, 0.15) is 39.5 Å².